The van der Waals surface area contributed by atoms with Crippen molar-refractivity contribution in [3.8, 4) is 0 Å². The molecule has 2 rings (SSSR count). The van der Waals surface area contributed by atoms with Gasteiger partial charge in [-0.2, -0.15) is 5.10 Å². The minimum absolute atomic E-state index is 0.126. The molecule has 86 valence electrons. The molecule has 0 bridgehead atoms. The molecule has 1 heterocycles. The van der Waals surface area contributed by atoms with Crippen molar-refractivity contribution in [3.05, 3.63) is 24.4 Å². The molecule has 1 aromatic carbocycles. The van der Waals surface area contributed by atoms with Gasteiger partial charge in [0.2, 0.25) is 10.0 Å². The molecule has 1 aromatic heterocycles. The lowest BCUT2D eigenvalue weighted by atomic mass is 10.2. The van der Waals surface area contributed by atoms with Gasteiger partial charge in [0.1, 0.15) is 0 Å². The van der Waals surface area contributed by atoms with Gasteiger partial charge in [0.15, 0.2) is 0 Å². The summed E-state index contributed by atoms with van der Waals surface area (Å²) in [5.74, 6) is 0.126. The number of sulfonamides is 1. The van der Waals surface area contributed by atoms with E-state index < -0.39 is 10.0 Å². The summed E-state index contributed by atoms with van der Waals surface area (Å²) in [6.07, 6.45) is 2.20. The van der Waals surface area contributed by atoms with E-state index in [1.165, 1.54) is 0 Å². The molecule has 2 N–H and O–H groups in total. The zero-order chi connectivity index (χ0) is 11.6. The fraction of sp³-hybridized carbons (Fsp3) is 0.300. The molecule has 6 heteroatoms. The van der Waals surface area contributed by atoms with E-state index in [1.54, 1.807) is 18.3 Å². The van der Waals surface area contributed by atoms with E-state index in [1.807, 2.05) is 13.0 Å². The van der Waals surface area contributed by atoms with Gasteiger partial charge in [-0.25, -0.2) is 8.42 Å². The zero-order valence-electron chi connectivity index (χ0n) is 8.90. The first kappa shape index (κ1) is 10.9. The quantitative estimate of drug-likeness (QED) is 0.853. The molecule has 0 atom stereocenters. The maximum absolute atomic E-state index is 11.6. The Labute approximate surface area is 93.9 Å². The van der Waals surface area contributed by atoms with E-state index in [9.17, 15) is 8.42 Å². The molecule has 0 aliphatic rings. The largest absolute Gasteiger partial charge is 0.283 e. The number of anilines is 1. The van der Waals surface area contributed by atoms with Crippen molar-refractivity contribution in [2.75, 3.05) is 10.5 Å². The van der Waals surface area contributed by atoms with Crippen molar-refractivity contribution in [1.82, 2.24) is 10.2 Å². The van der Waals surface area contributed by atoms with Crippen LogP contribution in [0.15, 0.2) is 24.4 Å². The van der Waals surface area contributed by atoms with Gasteiger partial charge in [-0.1, -0.05) is 13.0 Å². The Hall–Kier alpha value is -1.56. The molecule has 2 aromatic rings. The van der Waals surface area contributed by atoms with Crippen LogP contribution in [0.3, 0.4) is 0 Å². The maximum atomic E-state index is 11.6. The van der Waals surface area contributed by atoms with Crippen molar-refractivity contribution in [1.29, 1.82) is 0 Å². The molecule has 0 saturated carbocycles. The summed E-state index contributed by atoms with van der Waals surface area (Å²) >= 11 is 0. The second kappa shape index (κ2) is 4.13. The number of rotatable bonds is 4. The predicted molar refractivity (Wildman–Crippen MR) is 63.8 cm³/mol. The number of hydrogen-bond acceptors (Lipinski definition) is 3. The van der Waals surface area contributed by atoms with Crippen molar-refractivity contribution < 1.29 is 8.42 Å². The van der Waals surface area contributed by atoms with Crippen LogP contribution >= 0.6 is 0 Å². The second-order valence-electron chi connectivity index (χ2n) is 3.56. The number of H-pyrrole nitrogens is 1. The van der Waals surface area contributed by atoms with Gasteiger partial charge in [-0.3, -0.25) is 9.82 Å². The third-order valence-corrected chi connectivity index (χ3v) is 3.70. The average molecular weight is 239 g/mol. The van der Waals surface area contributed by atoms with Gasteiger partial charge in [-0.15, -0.1) is 0 Å². The van der Waals surface area contributed by atoms with Crippen LogP contribution in [0.2, 0.25) is 0 Å². The molecule has 0 spiro atoms. The summed E-state index contributed by atoms with van der Waals surface area (Å²) in [7, 11) is -3.25. The third kappa shape index (κ3) is 2.16. The van der Waals surface area contributed by atoms with Gasteiger partial charge in [0.05, 0.1) is 23.2 Å². The number of nitrogens with one attached hydrogen (secondary N) is 2. The number of benzene rings is 1. The lowest BCUT2D eigenvalue weighted by Crippen LogP contribution is -2.16. The van der Waals surface area contributed by atoms with E-state index in [0.717, 1.165) is 10.9 Å². The van der Waals surface area contributed by atoms with Crippen LogP contribution in [0.4, 0.5) is 5.69 Å². The highest BCUT2D eigenvalue weighted by Crippen LogP contribution is 2.22. The van der Waals surface area contributed by atoms with Gasteiger partial charge in [0, 0.05) is 5.39 Å². The van der Waals surface area contributed by atoms with Gasteiger partial charge in [0.25, 0.3) is 0 Å². The van der Waals surface area contributed by atoms with Crippen LogP contribution in [0.5, 0.6) is 0 Å². The Kier molecular flexibility index (Phi) is 2.82. The number of aromatic amines is 1. The molecule has 0 saturated heterocycles. The molecule has 0 aliphatic carbocycles. The fourth-order valence-electron chi connectivity index (χ4n) is 1.54. The van der Waals surface area contributed by atoms with Crippen molar-refractivity contribution in [3.63, 3.8) is 0 Å². The van der Waals surface area contributed by atoms with E-state index in [0.29, 0.717) is 12.1 Å². The average Bonchev–Trinajstić information content (AvgIpc) is 2.65. The lowest BCUT2D eigenvalue weighted by molar-refractivity contribution is 0.600. The number of aromatic nitrogens is 2. The lowest BCUT2D eigenvalue weighted by Gasteiger charge is -2.07. The van der Waals surface area contributed by atoms with E-state index in [4.69, 9.17) is 0 Å². The third-order valence-electron chi connectivity index (χ3n) is 2.22. The molecule has 0 radical (unpaired) electrons. The number of fused-ring (bicyclic) bond motifs is 1. The normalized spacial score (nSPS) is 11.8. The van der Waals surface area contributed by atoms with E-state index in [2.05, 4.69) is 14.9 Å². The minimum atomic E-state index is -3.25. The zero-order valence-corrected chi connectivity index (χ0v) is 9.71. The van der Waals surface area contributed by atoms with Crippen LogP contribution < -0.4 is 4.72 Å². The van der Waals surface area contributed by atoms with Crippen LogP contribution in [0, 0.1) is 0 Å². The molecule has 0 unspecified atom stereocenters. The summed E-state index contributed by atoms with van der Waals surface area (Å²) in [6, 6.07) is 5.36. The highest BCUT2D eigenvalue weighted by molar-refractivity contribution is 7.92. The monoisotopic (exact) mass is 239 g/mol. The van der Waals surface area contributed by atoms with Gasteiger partial charge < -0.3 is 0 Å². The number of nitrogens with zero attached hydrogens (tertiary/aromatic N) is 1. The second-order valence-corrected chi connectivity index (χ2v) is 5.40. The van der Waals surface area contributed by atoms with Crippen LogP contribution in [-0.2, 0) is 10.0 Å². The molecule has 0 aliphatic heterocycles. The standard InChI is InChI=1S/C10H13N3O2S/c1-2-6-16(14,15)13-10-5-3-4-9-8(10)7-11-12-9/h3-5,7,13H,2,6H2,1H3,(H,11,12). The van der Waals surface area contributed by atoms with Gasteiger partial charge >= 0.3 is 0 Å². The predicted octanol–water partition coefficient (Wildman–Crippen LogP) is 1.71. The minimum Gasteiger partial charge on any atom is -0.283 e. The number of hydrogen-bond donors (Lipinski definition) is 2. The molecule has 5 nitrogen and oxygen atoms in total. The molecular weight excluding hydrogens is 226 g/mol. The smallest absolute Gasteiger partial charge is 0.232 e. The molecule has 0 amide bonds. The van der Waals surface area contributed by atoms with Gasteiger partial charge in [-0.05, 0) is 18.6 Å². The fourth-order valence-corrected chi connectivity index (χ4v) is 2.70. The Bertz CT molecular complexity index is 589. The SMILES string of the molecule is CCCS(=O)(=O)Nc1cccc2[nH]ncc12. The van der Waals surface area contributed by atoms with E-state index in [-0.39, 0.29) is 5.75 Å². The Balaban J connectivity index is 2.38. The first-order valence-electron chi connectivity index (χ1n) is 5.05. The highest BCUT2D eigenvalue weighted by Gasteiger charge is 2.11. The molecule has 16 heavy (non-hydrogen) atoms. The first-order valence-corrected chi connectivity index (χ1v) is 6.70. The Morgan fingerprint density at radius 3 is 3.00 bits per heavy atom. The van der Waals surface area contributed by atoms with Crippen LogP contribution in [-0.4, -0.2) is 24.4 Å². The van der Waals surface area contributed by atoms with Crippen LogP contribution in [0.25, 0.3) is 10.9 Å². The molecule has 0 fully saturated rings. The van der Waals surface area contributed by atoms with Crippen LogP contribution in [0.1, 0.15) is 13.3 Å². The molecular formula is C10H13N3O2S. The van der Waals surface area contributed by atoms with E-state index >= 15 is 0 Å². The summed E-state index contributed by atoms with van der Waals surface area (Å²) in [5, 5.41) is 7.45. The summed E-state index contributed by atoms with van der Waals surface area (Å²) in [4.78, 5) is 0. The first-order chi connectivity index (χ1) is 7.62. The topological polar surface area (TPSA) is 74.8 Å². The summed E-state index contributed by atoms with van der Waals surface area (Å²) in [5.41, 5.74) is 1.39. The van der Waals surface area contributed by atoms with Crippen molar-refractivity contribution in [2.45, 2.75) is 13.3 Å². The summed E-state index contributed by atoms with van der Waals surface area (Å²) in [6.45, 7) is 1.83. The Morgan fingerprint density at radius 2 is 2.25 bits per heavy atom. The highest BCUT2D eigenvalue weighted by atomic mass is 32.2. The maximum Gasteiger partial charge on any atom is 0.232 e. The van der Waals surface area contributed by atoms with Crippen molar-refractivity contribution in [2.24, 2.45) is 0 Å². The summed E-state index contributed by atoms with van der Waals surface area (Å²) < 4.78 is 25.8. The van der Waals surface area contributed by atoms with Crippen molar-refractivity contribution >= 4 is 26.6 Å². The Morgan fingerprint density at radius 1 is 1.44 bits per heavy atom.